The zero-order valence-electron chi connectivity index (χ0n) is 9.86. The second-order valence-corrected chi connectivity index (χ2v) is 5.92. The van der Waals surface area contributed by atoms with Gasteiger partial charge in [0.25, 0.3) is 11.8 Å². The molecule has 100 valence electrons. The number of nitrogens with zero attached hydrogens (tertiary/aromatic N) is 1. The van der Waals surface area contributed by atoms with Gasteiger partial charge in [-0.3, -0.25) is 9.59 Å². The van der Waals surface area contributed by atoms with Crippen molar-refractivity contribution < 1.29 is 14.0 Å². The molecule has 1 heterocycles. The van der Waals surface area contributed by atoms with Gasteiger partial charge in [0.2, 0.25) is 0 Å². The third-order valence-corrected chi connectivity index (χ3v) is 4.21. The molecule has 0 bridgehead atoms. The number of amides is 2. The predicted octanol–water partition coefficient (Wildman–Crippen LogP) is 4.15. The maximum atomic E-state index is 13.3. The molecule has 2 amide bonds. The highest BCUT2D eigenvalue weighted by Crippen LogP contribution is 2.39. The molecule has 1 aliphatic heterocycles. The lowest BCUT2D eigenvalue weighted by molar-refractivity contribution is 0.0925. The molecule has 2 aromatic rings. The third-order valence-electron chi connectivity index (χ3n) is 3.00. The summed E-state index contributed by atoms with van der Waals surface area (Å²) in [6.07, 6.45) is 0. The summed E-state index contributed by atoms with van der Waals surface area (Å²) in [7, 11) is 0. The summed E-state index contributed by atoms with van der Waals surface area (Å²) < 4.78 is 14.0. The van der Waals surface area contributed by atoms with E-state index in [2.05, 4.69) is 31.9 Å². The first kappa shape index (κ1) is 13.5. The molecule has 0 saturated heterocycles. The van der Waals surface area contributed by atoms with Crippen LogP contribution in [-0.2, 0) is 0 Å². The van der Waals surface area contributed by atoms with Crippen molar-refractivity contribution in [3.05, 3.63) is 62.3 Å². The monoisotopic (exact) mass is 397 g/mol. The summed E-state index contributed by atoms with van der Waals surface area (Å²) in [6, 6.07) is 9.01. The molecule has 3 rings (SSSR count). The maximum Gasteiger partial charge on any atom is 0.266 e. The van der Waals surface area contributed by atoms with Gasteiger partial charge in [0.1, 0.15) is 5.82 Å². The second kappa shape index (κ2) is 4.79. The topological polar surface area (TPSA) is 37.4 Å². The molecule has 0 N–H and O–H groups in total. The average molecular weight is 399 g/mol. The van der Waals surface area contributed by atoms with Crippen LogP contribution in [0, 0.1) is 5.82 Å². The smallest absolute Gasteiger partial charge is 0.266 e. The molecular weight excluding hydrogens is 393 g/mol. The van der Waals surface area contributed by atoms with Gasteiger partial charge in [0.05, 0.1) is 16.8 Å². The highest BCUT2D eigenvalue weighted by Gasteiger charge is 2.38. The number of hydrogen-bond acceptors (Lipinski definition) is 2. The van der Waals surface area contributed by atoms with Crippen LogP contribution in [0.2, 0.25) is 0 Å². The van der Waals surface area contributed by atoms with Crippen molar-refractivity contribution in [2.75, 3.05) is 4.90 Å². The fourth-order valence-electron chi connectivity index (χ4n) is 2.14. The Morgan fingerprint density at radius 3 is 1.80 bits per heavy atom. The Bertz CT molecular complexity index is 703. The number of benzene rings is 2. The number of fused-ring (bicyclic) bond motifs is 1. The molecule has 0 atom stereocenters. The van der Waals surface area contributed by atoms with Gasteiger partial charge in [-0.25, -0.2) is 9.29 Å². The summed E-state index contributed by atoms with van der Waals surface area (Å²) in [6.45, 7) is 0. The van der Waals surface area contributed by atoms with Crippen molar-refractivity contribution in [2.24, 2.45) is 0 Å². The standard InChI is InChI=1S/C14H6Br2FNO2/c15-10-5-7(17)6-11(16)12(10)18-13(19)8-3-1-2-4-9(8)14(18)20/h1-6H. The largest absolute Gasteiger partial charge is 0.268 e. The lowest BCUT2D eigenvalue weighted by Gasteiger charge is -2.17. The minimum Gasteiger partial charge on any atom is -0.268 e. The summed E-state index contributed by atoms with van der Waals surface area (Å²) in [5.74, 6) is -1.30. The molecule has 3 nitrogen and oxygen atoms in total. The van der Waals surface area contributed by atoms with Crippen LogP contribution in [0.5, 0.6) is 0 Å². The number of hydrogen-bond donors (Lipinski definition) is 0. The molecule has 20 heavy (non-hydrogen) atoms. The van der Waals surface area contributed by atoms with Gasteiger partial charge in [-0.2, -0.15) is 0 Å². The van der Waals surface area contributed by atoms with Crippen molar-refractivity contribution in [3.63, 3.8) is 0 Å². The third kappa shape index (κ3) is 1.91. The van der Waals surface area contributed by atoms with Gasteiger partial charge in [0, 0.05) is 8.95 Å². The van der Waals surface area contributed by atoms with Crippen molar-refractivity contribution >= 4 is 49.4 Å². The molecule has 0 spiro atoms. The zero-order chi connectivity index (χ0) is 14.4. The number of carbonyl (C=O) groups excluding carboxylic acids is 2. The fraction of sp³-hybridized carbons (Fsp3) is 0. The molecule has 2 aromatic carbocycles. The highest BCUT2D eigenvalue weighted by molar-refractivity contribution is 9.11. The number of halogens is 3. The summed E-state index contributed by atoms with van der Waals surface area (Å²) >= 11 is 6.38. The second-order valence-electron chi connectivity index (χ2n) is 4.21. The Kier molecular flexibility index (Phi) is 3.22. The number of rotatable bonds is 1. The van der Waals surface area contributed by atoms with Crippen LogP contribution in [0.3, 0.4) is 0 Å². The van der Waals surface area contributed by atoms with E-state index in [0.29, 0.717) is 25.8 Å². The minimum absolute atomic E-state index is 0.303. The Morgan fingerprint density at radius 1 is 0.900 bits per heavy atom. The Balaban J connectivity index is 2.19. The lowest BCUT2D eigenvalue weighted by Crippen LogP contribution is -2.30. The van der Waals surface area contributed by atoms with Crippen molar-refractivity contribution in [1.82, 2.24) is 0 Å². The van der Waals surface area contributed by atoms with Gasteiger partial charge in [-0.1, -0.05) is 12.1 Å². The van der Waals surface area contributed by atoms with E-state index in [-0.39, 0.29) is 0 Å². The SMILES string of the molecule is O=C1c2ccccc2C(=O)N1c1c(Br)cc(F)cc1Br. The molecule has 6 heteroatoms. The van der Waals surface area contributed by atoms with Gasteiger partial charge in [-0.05, 0) is 56.1 Å². The molecule has 0 radical (unpaired) electrons. The van der Waals surface area contributed by atoms with Crippen molar-refractivity contribution in [2.45, 2.75) is 0 Å². The van der Waals surface area contributed by atoms with Crippen LogP contribution in [0.1, 0.15) is 20.7 Å². The first-order chi connectivity index (χ1) is 9.50. The molecule has 0 saturated carbocycles. The van der Waals surface area contributed by atoms with E-state index in [9.17, 15) is 14.0 Å². The van der Waals surface area contributed by atoms with Crippen LogP contribution < -0.4 is 4.90 Å². The number of imide groups is 1. The van der Waals surface area contributed by atoms with Gasteiger partial charge in [0.15, 0.2) is 0 Å². The minimum atomic E-state index is -0.468. The van der Waals surface area contributed by atoms with Gasteiger partial charge >= 0.3 is 0 Å². The summed E-state index contributed by atoms with van der Waals surface area (Å²) in [4.78, 5) is 25.8. The molecule has 0 fully saturated rings. The highest BCUT2D eigenvalue weighted by atomic mass is 79.9. The van der Waals surface area contributed by atoms with Crippen LogP contribution in [0.25, 0.3) is 0 Å². The number of anilines is 1. The van der Waals surface area contributed by atoms with E-state index in [4.69, 9.17) is 0 Å². The Labute approximate surface area is 130 Å². The Morgan fingerprint density at radius 2 is 1.35 bits per heavy atom. The van der Waals surface area contributed by atoms with Crippen LogP contribution >= 0.6 is 31.9 Å². The van der Waals surface area contributed by atoms with E-state index in [1.165, 1.54) is 12.1 Å². The van der Waals surface area contributed by atoms with Crippen LogP contribution in [0.4, 0.5) is 10.1 Å². The van der Waals surface area contributed by atoms with Gasteiger partial charge in [-0.15, -0.1) is 0 Å². The first-order valence-corrected chi connectivity index (χ1v) is 7.21. The molecule has 1 aliphatic rings. The average Bonchev–Trinajstić information content (AvgIpc) is 2.64. The summed E-state index contributed by atoms with van der Waals surface area (Å²) in [5, 5.41) is 0. The van der Waals surface area contributed by atoms with E-state index in [1.54, 1.807) is 24.3 Å². The molecule has 0 aliphatic carbocycles. The number of carbonyl (C=O) groups is 2. The van der Waals surface area contributed by atoms with Gasteiger partial charge < -0.3 is 0 Å². The lowest BCUT2D eigenvalue weighted by atomic mass is 10.1. The van der Waals surface area contributed by atoms with Crippen LogP contribution in [-0.4, -0.2) is 11.8 Å². The predicted molar refractivity (Wildman–Crippen MR) is 79.4 cm³/mol. The van der Waals surface area contributed by atoms with E-state index >= 15 is 0 Å². The van der Waals surface area contributed by atoms with E-state index in [0.717, 1.165) is 4.90 Å². The first-order valence-electron chi connectivity index (χ1n) is 5.63. The quantitative estimate of drug-likeness (QED) is 0.676. The van der Waals surface area contributed by atoms with Crippen molar-refractivity contribution in [1.29, 1.82) is 0 Å². The van der Waals surface area contributed by atoms with E-state index in [1.807, 2.05) is 0 Å². The fourth-order valence-corrected chi connectivity index (χ4v) is 3.63. The Hall–Kier alpha value is -1.53. The molecular formula is C14H6Br2FNO2. The van der Waals surface area contributed by atoms with E-state index < -0.39 is 17.6 Å². The normalized spacial score (nSPS) is 13.8. The van der Waals surface area contributed by atoms with Crippen LogP contribution in [0.15, 0.2) is 45.3 Å². The van der Waals surface area contributed by atoms with Crippen molar-refractivity contribution in [3.8, 4) is 0 Å². The molecule has 0 aromatic heterocycles. The maximum absolute atomic E-state index is 13.3. The zero-order valence-corrected chi connectivity index (χ0v) is 13.0. The summed E-state index contributed by atoms with van der Waals surface area (Å²) in [5.41, 5.74) is 0.999. The molecule has 0 unspecified atom stereocenters.